The molecule has 0 atom stereocenters. The summed E-state index contributed by atoms with van der Waals surface area (Å²) < 4.78 is 70.2. The van der Waals surface area contributed by atoms with Gasteiger partial charge in [-0.1, -0.05) is 335 Å². The molecule has 0 amide bonds. The topological polar surface area (TPSA) is 133 Å². The molecular weight excluding hydrogens is 930 g/mol. The summed E-state index contributed by atoms with van der Waals surface area (Å²) in [6.45, 7) is 4.64. The fourth-order valence-electron chi connectivity index (χ4n) is 9.16. The van der Waals surface area contributed by atoms with Crippen LogP contribution in [0.15, 0.2) is 0 Å². The Kier molecular flexibility index (Phi) is 64.8. The van der Waals surface area contributed by atoms with Gasteiger partial charge < -0.3 is 9.11 Å². The molecule has 0 saturated heterocycles. The SMILES string of the molecule is CCCCCCCCCCCCCCCCCCCCCCCCCCCCOS(=O)(=O)[O-].CCCCCCCCCCCCCCCCCCCCCCCCCCCCOS(=O)(=O)[O-].[Zn+2]. The summed E-state index contributed by atoms with van der Waals surface area (Å²) in [4.78, 5) is 0. The Morgan fingerprint density at radius 1 is 0.224 bits per heavy atom. The quantitative estimate of drug-likeness (QED) is 0.0255. The third-order valence-electron chi connectivity index (χ3n) is 13.5. The van der Waals surface area contributed by atoms with Crippen molar-refractivity contribution in [1.29, 1.82) is 0 Å². The molecule has 0 aliphatic carbocycles. The predicted molar refractivity (Wildman–Crippen MR) is 283 cm³/mol. The molecular formula is C56H114O8S2Zn. The maximum absolute atomic E-state index is 10.3. The maximum Gasteiger partial charge on any atom is 2.00 e. The average Bonchev–Trinajstić information content (AvgIpc) is 3.28. The zero-order valence-electron chi connectivity index (χ0n) is 45.0. The second-order valence-corrected chi connectivity index (χ2v) is 22.2. The summed E-state index contributed by atoms with van der Waals surface area (Å²) in [5.74, 6) is 0. The van der Waals surface area contributed by atoms with Crippen molar-refractivity contribution < 1.29 is 53.8 Å². The summed E-state index contributed by atoms with van der Waals surface area (Å²) in [7, 11) is -9.01. The van der Waals surface area contributed by atoms with Crippen LogP contribution in [0.5, 0.6) is 0 Å². The van der Waals surface area contributed by atoms with E-state index in [2.05, 4.69) is 22.2 Å². The van der Waals surface area contributed by atoms with Gasteiger partial charge in [0.15, 0.2) is 0 Å². The van der Waals surface area contributed by atoms with E-state index in [0.717, 1.165) is 25.7 Å². The summed E-state index contributed by atoms with van der Waals surface area (Å²) in [6.07, 6.45) is 70.0. The zero-order chi connectivity index (χ0) is 48.6. The van der Waals surface area contributed by atoms with E-state index < -0.39 is 20.8 Å². The maximum atomic E-state index is 10.3. The first-order valence-corrected chi connectivity index (χ1v) is 32.0. The zero-order valence-corrected chi connectivity index (χ0v) is 49.6. The molecule has 400 valence electrons. The van der Waals surface area contributed by atoms with Crippen LogP contribution in [0.3, 0.4) is 0 Å². The fraction of sp³-hybridized carbons (Fsp3) is 1.00. The van der Waals surface area contributed by atoms with Gasteiger partial charge in [-0.2, -0.15) is 0 Å². The first-order chi connectivity index (χ1) is 32.1. The minimum Gasteiger partial charge on any atom is -0.726 e. The second-order valence-electron chi connectivity index (χ2n) is 20.1. The van der Waals surface area contributed by atoms with Crippen molar-refractivity contribution in [3.63, 3.8) is 0 Å². The molecule has 11 heteroatoms. The summed E-state index contributed by atoms with van der Waals surface area (Å²) in [5, 5.41) is 0. The third kappa shape index (κ3) is 75.4. The van der Waals surface area contributed by atoms with E-state index in [4.69, 9.17) is 0 Å². The first-order valence-electron chi connectivity index (χ1n) is 29.3. The van der Waals surface area contributed by atoms with E-state index in [1.165, 1.54) is 295 Å². The molecule has 8 nitrogen and oxygen atoms in total. The Morgan fingerprint density at radius 2 is 0.328 bits per heavy atom. The average molecular weight is 1050 g/mol. The number of rotatable bonds is 56. The van der Waals surface area contributed by atoms with Crippen molar-refractivity contribution in [2.75, 3.05) is 13.2 Å². The van der Waals surface area contributed by atoms with E-state index >= 15 is 0 Å². The van der Waals surface area contributed by atoms with Crippen LogP contribution in [-0.4, -0.2) is 39.2 Å². The summed E-state index contributed by atoms with van der Waals surface area (Å²) in [5.41, 5.74) is 0. The van der Waals surface area contributed by atoms with Gasteiger partial charge >= 0.3 is 19.5 Å². The van der Waals surface area contributed by atoms with E-state index in [0.29, 0.717) is 12.8 Å². The van der Waals surface area contributed by atoms with Gasteiger partial charge in [-0.05, 0) is 12.8 Å². The van der Waals surface area contributed by atoms with Crippen molar-refractivity contribution in [3.8, 4) is 0 Å². The number of unbranched alkanes of at least 4 members (excludes halogenated alkanes) is 50. The molecule has 0 heterocycles. The second kappa shape index (κ2) is 60.7. The molecule has 0 aliphatic heterocycles. The Bertz CT molecular complexity index is 1020. The molecule has 0 fully saturated rings. The fourth-order valence-corrected chi connectivity index (χ4v) is 9.80. The van der Waals surface area contributed by atoms with E-state index in [9.17, 15) is 25.9 Å². The molecule has 0 spiro atoms. The van der Waals surface area contributed by atoms with E-state index in [-0.39, 0.29) is 32.7 Å². The van der Waals surface area contributed by atoms with Gasteiger partial charge in [0.1, 0.15) is 0 Å². The van der Waals surface area contributed by atoms with Gasteiger partial charge in [0.05, 0.1) is 13.2 Å². The van der Waals surface area contributed by atoms with Gasteiger partial charge in [0.2, 0.25) is 20.8 Å². The largest absolute Gasteiger partial charge is 2.00 e. The Morgan fingerprint density at radius 3 is 0.433 bits per heavy atom. The van der Waals surface area contributed by atoms with Crippen molar-refractivity contribution in [3.05, 3.63) is 0 Å². The molecule has 0 radical (unpaired) electrons. The molecule has 0 aromatic carbocycles. The van der Waals surface area contributed by atoms with Crippen LogP contribution in [0.4, 0.5) is 0 Å². The van der Waals surface area contributed by atoms with Crippen molar-refractivity contribution in [2.45, 2.75) is 348 Å². The van der Waals surface area contributed by atoms with Crippen LogP contribution < -0.4 is 0 Å². The van der Waals surface area contributed by atoms with Crippen LogP contribution in [0.25, 0.3) is 0 Å². The Balaban J connectivity index is -0.00000120. The minimum absolute atomic E-state index is 0. The minimum atomic E-state index is -4.50. The van der Waals surface area contributed by atoms with Crippen LogP contribution >= 0.6 is 0 Å². The van der Waals surface area contributed by atoms with Crippen molar-refractivity contribution in [1.82, 2.24) is 0 Å². The van der Waals surface area contributed by atoms with Crippen LogP contribution in [-0.2, 0) is 48.6 Å². The molecule has 0 N–H and O–H groups in total. The summed E-state index contributed by atoms with van der Waals surface area (Å²) in [6, 6.07) is 0. The Labute approximate surface area is 433 Å². The van der Waals surface area contributed by atoms with Crippen molar-refractivity contribution >= 4 is 20.8 Å². The molecule has 0 aromatic rings. The smallest absolute Gasteiger partial charge is 0.726 e. The van der Waals surface area contributed by atoms with Crippen LogP contribution in [0, 0.1) is 0 Å². The molecule has 0 aliphatic rings. The van der Waals surface area contributed by atoms with E-state index in [1.54, 1.807) is 0 Å². The molecule has 0 rings (SSSR count). The van der Waals surface area contributed by atoms with Crippen LogP contribution in [0.1, 0.15) is 348 Å². The molecule has 0 unspecified atom stereocenters. The number of hydrogen-bond acceptors (Lipinski definition) is 8. The predicted octanol–water partition coefficient (Wildman–Crippen LogP) is 19.2. The molecule has 67 heavy (non-hydrogen) atoms. The van der Waals surface area contributed by atoms with Gasteiger partial charge in [0, 0.05) is 0 Å². The molecule has 0 saturated carbocycles. The Hall–Kier alpha value is 0.363. The van der Waals surface area contributed by atoms with Gasteiger partial charge in [-0.3, -0.25) is 8.37 Å². The standard InChI is InChI=1S/2C28H58O4S.Zn/c2*1-2-3-4-5-6-7-8-9-10-11-12-13-14-15-16-17-18-19-20-21-22-23-24-25-26-27-28-32-33(29,30)31;/h2*2-28H2,1H3,(H,29,30,31);/q;;+2/p-2. The summed E-state index contributed by atoms with van der Waals surface area (Å²) >= 11 is 0. The number of hydrogen-bond donors (Lipinski definition) is 0. The van der Waals surface area contributed by atoms with Gasteiger partial charge in [0.25, 0.3) is 0 Å². The van der Waals surface area contributed by atoms with E-state index in [1.807, 2.05) is 0 Å². The normalized spacial score (nSPS) is 11.8. The first kappa shape index (κ1) is 71.6. The molecule has 0 bridgehead atoms. The van der Waals surface area contributed by atoms with Gasteiger partial charge in [-0.25, -0.2) is 16.8 Å². The van der Waals surface area contributed by atoms with Gasteiger partial charge in [-0.15, -0.1) is 0 Å². The van der Waals surface area contributed by atoms with Crippen LogP contribution in [0.2, 0.25) is 0 Å². The third-order valence-corrected chi connectivity index (χ3v) is 14.4. The molecule has 0 aromatic heterocycles. The van der Waals surface area contributed by atoms with Crippen molar-refractivity contribution in [2.24, 2.45) is 0 Å². The monoisotopic (exact) mass is 1040 g/mol.